The summed E-state index contributed by atoms with van der Waals surface area (Å²) in [7, 11) is 0. The van der Waals surface area contributed by atoms with Gasteiger partial charge in [-0.3, -0.25) is 9.59 Å². The minimum absolute atomic E-state index is 0.148. The highest BCUT2D eigenvalue weighted by atomic mass is 16.1. The van der Waals surface area contributed by atoms with Crippen molar-refractivity contribution in [2.45, 2.75) is 45.6 Å². The van der Waals surface area contributed by atoms with Gasteiger partial charge >= 0.3 is 0 Å². The summed E-state index contributed by atoms with van der Waals surface area (Å²) in [6, 6.07) is 15.7. The lowest BCUT2D eigenvalue weighted by Gasteiger charge is -2.33. The lowest BCUT2D eigenvalue weighted by molar-refractivity contribution is -0.116. The maximum absolute atomic E-state index is 13.1. The van der Waals surface area contributed by atoms with Crippen LogP contribution in [0.3, 0.4) is 0 Å². The van der Waals surface area contributed by atoms with Gasteiger partial charge in [0.05, 0.1) is 6.20 Å². The number of aromatic nitrogens is 2. The number of carbonyl (C=O) groups is 2. The Balaban J connectivity index is 1.55. The monoisotopic (exact) mass is 426 g/mol. The fourth-order valence-electron chi connectivity index (χ4n) is 4.50. The first-order valence-corrected chi connectivity index (χ1v) is 11.1. The van der Waals surface area contributed by atoms with Crippen molar-refractivity contribution < 1.29 is 9.59 Å². The van der Waals surface area contributed by atoms with Crippen LogP contribution in [0.25, 0.3) is 0 Å². The van der Waals surface area contributed by atoms with E-state index in [1.165, 1.54) is 5.56 Å². The van der Waals surface area contributed by atoms with Crippen LogP contribution in [-0.4, -0.2) is 21.5 Å². The number of nitrogens with one attached hydrogen (secondary N) is 2. The summed E-state index contributed by atoms with van der Waals surface area (Å²) in [5.74, 6) is 0.552. The molecule has 5 rings (SSSR count). The van der Waals surface area contributed by atoms with Crippen LogP contribution in [0.15, 0.2) is 66.0 Å². The number of hydrogen-bond donors (Lipinski definition) is 2. The Morgan fingerprint density at radius 1 is 1.12 bits per heavy atom. The molecule has 1 aliphatic heterocycles. The van der Waals surface area contributed by atoms with E-state index in [1.807, 2.05) is 31.2 Å². The second-order valence-corrected chi connectivity index (χ2v) is 8.46. The quantitative estimate of drug-likeness (QED) is 0.614. The summed E-state index contributed by atoms with van der Waals surface area (Å²) in [5.41, 5.74) is 6.24. The topological polar surface area (TPSA) is 76.0 Å². The van der Waals surface area contributed by atoms with Crippen LogP contribution in [0.5, 0.6) is 0 Å². The van der Waals surface area contributed by atoms with Crippen LogP contribution in [0.4, 0.5) is 11.5 Å². The van der Waals surface area contributed by atoms with E-state index in [0.29, 0.717) is 17.8 Å². The summed E-state index contributed by atoms with van der Waals surface area (Å²) in [5, 5.41) is 10.9. The number of fused-ring (bicyclic) bond motifs is 1. The number of nitrogens with zero attached hydrogens (tertiary/aromatic N) is 2. The van der Waals surface area contributed by atoms with Crippen molar-refractivity contribution in [2.75, 3.05) is 10.6 Å². The molecule has 0 spiro atoms. The van der Waals surface area contributed by atoms with Crippen molar-refractivity contribution >= 4 is 23.2 Å². The molecule has 0 radical (unpaired) electrons. The van der Waals surface area contributed by atoms with Crippen LogP contribution >= 0.6 is 0 Å². The molecule has 0 bridgehead atoms. The fraction of sp³-hybridized carbons (Fsp3) is 0.269. The molecular weight excluding hydrogens is 400 g/mol. The van der Waals surface area contributed by atoms with Crippen molar-refractivity contribution in [1.29, 1.82) is 0 Å². The molecule has 6 nitrogen and oxygen atoms in total. The van der Waals surface area contributed by atoms with Gasteiger partial charge in [-0.05, 0) is 49.4 Å². The van der Waals surface area contributed by atoms with Gasteiger partial charge in [-0.25, -0.2) is 4.68 Å². The number of benzene rings is 2. The molecule has 1 aliphatic carbocycles. The SMILES string of the molecule is CCc1ccc(C2C3=C(CCCC3=O)Nc3c(C(=O)Nc4ccc(C)cc4)cnn32)cc1. The molecule has 2 N–H and O–H groups in total. The third-order valence-electron chi connectivity index (χ3n) is 6.30. The molecule has 0 saturated heterocycles. The van der Waals surface area contributed by atoms with Gasteiger partial charge in [0, 0.05) is 23.4 Å². The number of allylic oxidation sites excluding steroid dienone is 2. The summed E-state index contributed by atoms with van der Waals surface area (Å²) >= 11 is 0. The predicted molar refractivity (Wildman–Crippen MR) is 125 cm³/mol. The molecule has 1 atom stereocenters. The van der Waals surface area contributed by atoms with Gasteiger partial charge in [-0.2, -0.15) is 5.10 Å². The first-order valence-electron chi connectivity index (χ1n) is 11.1. The number of hydrogen-bond acceptors (Lipinski definition) is 4. The zero-order chi connectivity index (χ0) is 22.2. The first kappa shape index (κ1) is 20.2. The number of ketones is 1. The third kappa shape index (κ3) is 3.51. The lowest BCUT2D eigenvalue weighted by Crippen LogP contribution is -2.32. The Kier molecular flexibility index (Phi) is 5.13. The number of anilines is 2. The smallest absolute Gasteiger partial charge is 0.261 e. The highest BCUT2D eigenvalue weighted by Crippen LogP contribution is 2.41. The Bertz CT molecular complexity index is 1220. The van der Waals surface area contributed by atoms with Gasteiger partial charge in [0.15, 0.2) is 5.78 Å². The molecule has 32 heavy (non-hydrogen) atoms. The minimum Gasteiger partial charge on any atom is -0.343 e. The van der Waals surface area contributed by atoms with Gasteiger partial charge in [-0.15, -0.1) is 0 Å². The highest BCUT2D eigenvalue weighted by molar-refractivity contribution is 6.08. The Morgan fingerprint density at radius 2 is 1.88 bits per heavy atom. The number of amides is 1. The van der Waals surface area contributed by atoms with Crippen molar-refractivity contribution in [1.82, 2.24) is 9.78 Å². The largest absolute Gasteiger partial charge is 0.343 e. The third-order valence-corrected chi connectivity index (χ3v) is 6.30. The van der Waals surface area contributed by atoms with Gasteiger partial charge in [0.2, 0.25) is 0 Å². The van der Waals surface area contributed by atoms with Crippen LogP contribution in [0, 0.1) is 6.92 Å². The fourth-order valence-corrected chi connectivity index (χ4v) is 4.50. The van der Waals surface area contributed by atoms with Crippen LogP contribution in [-0.2, 0) is 11.2 Å². The Labute approximate surface area is 187 Å². The number of rotatable bonds is 4. The second-order valence-electron chi connectivity index (χ2n) is 8.46. The molecule has 3 aromatic rings. The number of aryl methyl sites for hydroxylation is 2. The Hall–Kier alpha value is -3.67. The van der Waals surface area contributed by atoms with Crippen LogP contribution in [0.2, 0.25) is 0 Å². The molecule has 1 unspecified atom stereocenters. The molecule has 0 saturated carbocycles. The average Bonchev–Trinajstić information content (AvgIpc) is 3.23. The summed E-state index contributed by atoms with van der Waals surface area (Å²) in [6.45, 7) is 4.13. The number of Topliss-reactive ketones (excluding diaryl/α,β-unsaturated/α-hetero) is 1. The highest BCUT2D eigenvalue weighted by Gasteiger charge is 2.37. The molecule has 1 amide bonds. The van der Waals surface area contributed by atoms with E-state index in [0.717, 1.165) is 47.3 Å². The predicted octanol–water partition coefficient (Wildman–Crippen LogP) is 5.03. The van der Waals surface area contributed by atoms with E-state index in [9.17, 15) is 9.59 Å². The molecule has 162 valence electrons. The average molecular weight is 427 g/mol. The molecule has 0 fully saturated rings. The second kappa shape index (κ2) is 8.11. The van der Waals surface area contributed by atoms with Crippen molar-refractivity contribution in [3.05, 3.63) is 88.3 Å². The summed E-state index contributed by atoms with van der Waals surface area (Å²) in [4.78, 5) is 26.0. The Morgan fingerprint density at radius 3 is 2.59 bits per heavy atom. The molecule has 6 heteroatoms. The van der Waals surface area contributed by atoms with Crippen LogP contribution < -0.4 is 10.6 Å². The molecular formula is C26H26N4O2. The molecule has 2 heterocycles. The van der Waals surface area contributed by atoms with E-state index in [4.69, 9.17) is 0 Å². The molecule has 2 aromatic carbocycles. The zero-order valence-electron chi connectivity index (χ0n) is 18.3. The van der Waals surface area contributed by atoms with Crippen molar-refractivity contribution in [3.8, 4) is 0 Å². The van der Waals surface area contributed by atoms with E-state index >= 15 is 0 Å². The zero-order valence-corrected chi connectivity index (χ0v) is 18.3. The van der Waals surface area contributed by atoms with Gasteiger partial charge in [-0.1, -0.05) is 48.9 Å². The van der Waals surface area contributed by atoms with Crippen LogP contribution in [0.1, 0.15) is 59.3 Å². The normalized spacial score (nSPS) is 17.4. The van der Waals surface area contributed by atoms with E-state index < -0.39 is 0 Å². The first-order chi connectivity index (χ1) is 15.5. The van der Waals surface area contributed by atoms with E-state index in [2.05, 4.69) is 46.9 Å². The van der Waals surface area contributed by atoms with Gasteiger partial charge in [0.25, 0.3) is 5.91 Å². The van der Waals surface area contributed by atoms with Gasteiger partial charge in [0.1, 0.15) is 17.4 Å². The minimum atomic E-state index is -0.333. The molecule has 2 aliphatic rings. The molecule has 1 aromatic heterocycles. The standard InChI is InChI=1S/C26H26N4O2/c1-3-17-9-11-18(12-10-17)24-23-21(5-4-6-22(23)31)29-25-20(15-27-30(24)25)26(32)28-19-13-7-16(2)8-14-19/h7-15,24,29H,3-6H2,1-2H3,(H,28,32). The maximum atomic E-state index is 13.1. The van der Waals surface area contributed by atoms with E-state index in [-0.39, 0.29) is 17.7 Å². The van der Waals surface area contributed by atoms with Crippen molar-refractivity contribution in [3.63, 3.8) is 0 Å². The summed E-state index contributed by atoms with van der Waals surface area (Å²) in [6.07, 6.45) is 4.68. The van der Waals surface area contributed by atoms with Gasteiger partial charge < -0.3 is 10.6 Å². The van der Waals surface area contributed by atoms with E-state index in [1.54, 1.807) is 10.9 Å². The summed E-state index contributed by atoms with van der Waals surface area (Å²) < 4.78 is 1.78. The number of carbonyl (C=O) groups excluding carboxylic acids is 2. The van der Waals surface area contributed by atoms with Crippen molar-refractivity contribution in [2.24, 2.45) is 0 Å². The lowest BCUT2D eigenvalue weighted by atomic mass is 9.85. The maximum Gasteiger partial charge on any atom is 0.261 e.